The molecule has 0 saturated carbocycles. The van der Waals surface area contributed by atoms with Crippen LogP contribution < -0.4 is 4.90 Å². The lowest BCUT2D eigenvalue weighted by atomic mass is 10.1. The van der Waals surface area contributed by atoms with Crippen molar-refractivity contribution >= 4 is 29.7 Å². The Morgan fingerprint density at radius 2 is 1.62 bits per heavy atom. The maximum Gasteiger partial charge on any atom is 0.363 e. The molecule has 0 amide bonds. The number of hydrogen-bond donors (Lipinski definition) is 0. The number of hydrogen-bond acceptors (Lipinski definition) is 4. The summed E-state index contributed by atoms with van der Waals surface area (Å²) in [5, 5.41) is 0. The highest BCUT2D eigenvalue weighted by molar-refractivity contribution is 6.11. The minimum absolute atomic E-state index is 0.310. The van der Waals surface area contributed by atoms with Gasteiger partial charge in [-0.25, -0.2) is 9.79 Å². The van der Waals surface area contributed by atoms with Crippen LogP contribution in [0.2, 0.25) is 0 Å². The van der Waals surface area contributed by atoms with Gasteiger partial charge in [0.2, 0.25) is 5.90 Å². The molecule has 0 bridgehead atoms. The molecule has 0 unspecified atom stereocenters. The second-order valence-electron chi connectivity index (χ2n) is 5.88. The van der Waals surface area contributed by atoms with Crippen molar-refractivity contribution in [1.82, 2.24) is 0 Å². The highest BCUT2D eigenvalue weighted by Gasteiger charge is 2.21. The Labute approximate surface area is 154 Å². The molecule has 0 N–H and O–H groups in total. The van der Waals surface area contributed by atoms with Gasteiger partial charge in [0.25, 0.3) is 0 Å². The predicted molar refractivity (Wildman–Crippen MR) is 107 cm³/mol. The molecule has 1 aliphatic rings. The molecule has 0 aromatic heterocycles. The molecule has 3 rings (SSSR count). The van der Waals surface area contributed by atoms with Crippen molar-refractivity contribution < 1.29 is 9.53 Å². The van der Waals surface area contributed by atoms with E-state index in [1.54, 1.807) is 12.2 Å². The van der Waals surface area contributed by atoms with Gasteiger partial charge in [0.05, 0.1) is 0 Å². The zero-order valence-corrected chi connectivity index (χ0v) is 15.1. The Balaban J connectivity index is 1.75. The maximum atomic E-state index is 12.0. The van der Waals surface area contributed by atoms with E-state index in [0.717, 1.165) is 24.2 Å². The van der Waals surface area contributed by atoms with E-state index in [1.807, 2.05) is 48.5 Å². The van der Waals surface area contributed by atoms with E-state index in [-0.39, 0.29) is 0 Å². The molecule has 4 heteroatoms. The second kappa shape index (κ2) is 8.30. The summed E-state index contributed by atoms with van der Waals surface area (Å²) in [6.07, 6.45) is 5.32. The number of benzene rings is 2. The van der Waals surface area contributed by atoms with Crippen LogP contribution >= 0.6 is 0 Å². The number of nitrogens with zero attached hydrogens (tertiary/aromatic N) is 2. The van der Waals surface area contributed by atoms with E-state index in [9.17, 15) is 4.79 Å². The molecule has 26 heavy (non-hydrogen) atoms. The number of carbonyl (C=O) groups is 1. The van der Waals surface area contributed by atoms with Crippen molar-refractivity contribution in [3.8, 4) is 0 Å². The molecular formula is C22H22N2O2. The van der Waals surface area contributed by atoms with Gasteiger partial charge in [-0.1, -0.05) is 42.5 Å². The second-order valence-corrected chi connectivity index (χ2v) is 5.88. The zero-order valence-electron chi connectivity index (χ0n) is 15.1. The lowest BCUT2D eigenvalue weighted by molar-refractivity contribution is -0.129. The molecule has 4 nitrogen and oxygen atoms in total. The van der Waals surface area contributed by atoms with E-state index in [4.69, 9.17) is 4.74 Å². The van der Waals surface area contributed by atoms with Gasteiger partial charge in [0, 0.05) is 24.9 Å². The van der Waals surface area contributed by atoms with Crippen LogP contribution in [-0.4, -0.2) is 25.0 Å². The fourth-order valence-electron chi connectivity index (χ4n) is 2.76. The predicted octanol–water partition coefficient (Wildman–Crippen LogP) is 4.54. The Morgan fingerprint density at radius 1 is 0.923 bits per heavy atom. The van der Waals surface area contributed by atoms with E-state index >= 15 is 0 Å². The van der Waals surface area contributed by atoms with Gasteiger partial charge in [-0.2, -0.15) is 0 Å². The number of esters is 1. The van der Waals surface area contributed by atoms with Crippen LogP contribution in [0.15, 0.2) is 71.4 Å². The summed E-state index contributed by atoms with van der Waals surface area (Å²) in [4.78, 5) is 18.6. The van der Waals surface area contributed by atoms with Crippen LogP contribution in [0.4, 0.5) is 5.69 Å². The summed E-state index contributed by atoms with van der Waals surface area (Å²) in [7, 11) is 0. The third kappa shape index (κ3) is 4.28. The fourth-order valence-corrected chi connectivity index (χ4v) is 2.76. The largest absolute Gasteiger partial charge is 0.403 e. The molecule has 2 aromatic carbocycles. The van der Waals surface area contributed by atoms with Gasteiger partial charge >= 0.3 is 5.97 Å². The Hall–Kier alpha value is -3.14. The van der Waals surface area contributed by atoms with E-state index < -0.39 is 5.97 Å². The minimum Gasteiger partial charge on any atom is -0.403 e. The van der Waals surface area contributed by atoms with Crippen LogP contribution in [0.1, 0.15) is 25.0 Å². The summed E-state index contributed by atoms with van der Waals surface area (Å²) < 4.78 is 5.21. The van der Waals surface area contributed by atoms with Crippen LogP contribution in [0, 0.1) is 0 Å². The third-order valence-corrected chi connectivity index (χ3v) is 4.18. The molecule has 0 saturated heterocycles. The van der Waals surface area contributed by atoms with Crippen molar-refractivity contribution in [3.05, 3.63) is 77.5 Å². The summed E-state index contributed by atoms with van der Waals surface area (Å²) in [6, 6.07) is 17.9. The molecule has 0 spiro atoms. The number of anilines is 1. The number of aliphatic imine (C=N–C) groups is 1. The average molecular weight is 346 g/mol. The highest BCUT2D eigenvalue weighted by Crippen LogP contribution is 2.20. The molecule has 0 aliphatic carbocycles. The first-order chi connectivity index (χ1) is 12.7. The number of cyclic esters (lactones) is 1. The summed E-state index contributed by atoms with van der Waals surface area (Å²) in [5.41, 5.74) is 3.43. The van der Waals surface area contributed by atoms with Gasteiger partial charge in [-0.15, -0.1) is 0 Å². The molecule has 1 aliphatic heterocycles. The zero-order chi connectivity index (χ0) is 18.4. The SMILES string of the molecule is CCN(CC)c1ccc(/C=C2N=C(/C=C/c3ccccc3)OC\2=O)cc1. The lowest BCUT2D eigenvalue weighted by Crippen LogP contribution is -2.21. The van der Waals surface area contributed by atoms with E-state index in [1.165, 1.54) is 5.69 Å². The standard InChI is InChI=1S/C22H22N2O2/c1-3-24(4-2)19-13-10-18(11-14-19)16-20-22(25)26-21(23-20)15-12-17-8-6-5-7-9-17/h5-16H,3-4H2,1-2H3/b15-12+,20-16-. The minimum atomic E-state index is -0.425. The van der Waals surface area contributed by atoms with Crippen molar-refractivity contribution in [2.24, 2.45) is 4.99 Å². The first-order valence-electron chi connectivity index (χ1n) is 8.80. The summed E-state index contributed by atoms with van der Waals surface area (Å²) in [6.45, 7) is 6.19. The molecule has 0 fully saturated rings. The van der Waals surface area contributed by atoms with Crippen LogP contribution in [-0.2, 0) is 9.53 Å². The molecule has 2 aromatic rings. The van der Waals surface area contributed by atoms with Crippen LogP contribution in [0.3, 0.4) is 0 Å². The van der Waals surface area contributed by atoms with Crippen LogP contribution in [0.5, 0.6) is 0 Å². The quantitative estimate of drug-likeness (QED) is 0.569. The van der Waals surface area contributed by atoms with Gasteiger partial charge in [-0.3, -0.25) is 0 Å². The Bertz CT molecular complexity index is 845. The van der Waals surface area contributed by atoms with Gasteiger partial charge in [0.15, 0.2) is 5.70 Å². The average Bonchev–Trinajstić information content (AvgIpc) is 3.03. The molecule has 0 atom stereocenters. The number of ether oxygens (including phenoxy) is 1. The Kier molecular flexibility index (Phi) is 5.64. The van der Waals surface area contributed by atoms with E-state index in [0.29, 0.717) is 11.6 Å². The summed E-state index contributed by atoms with van der Waals surface area (Å²) in [5.74, 6) is -0.115. The smallest absolute Gasteiger partial charge is 0.363 e. The molecule has 1 heterocycles. The third-order valence-electron chi connectivity index (χ3n) is 4.18. The van der Waals surface area contributed by atoms with Crippen molar-refractivity contribution in [2.45, 2.75) is 13.8 Å². The maximum absolute atomic E-state index is 12.0. The topological polar surface area (TPSA) is 41.9 Å². The van der Waals surface area contributed by atoms with Crippen molar-refractivity contribution in [3.63, 3.8) is 0 Å². The van der Waals surface area contributed by atoms with Gasteiger partial charge in [-0.05, 0) is 49.3 Å². The van der Waals surface area contributed by atoms with Gasteiger partial charge < -0.3 is 9.64 Å². The first kappa shape index (κ1) is 17.7. The molecule has 0 radical (unpaired) electrons. The monoisotopic (exact) mass is 346 g/mol. The van der Waals surface area contributed by atoms with Crippen molar-refractivity contribution in [2.75, 3.05) is 18.0 Å². The lowest BCUT2D eigenvalue weighted by Gasteiger charge is -2.20. The number of rotatable bonds is 6. The van der Waals surface area contributed by atoms with E-state index in [2.05, 4.69) is 35.9 Å². The highest BCUT2D eigenvalue weighted by atomic mass is 16.6. The van der Waals surface area contributed by atoms with Crippen molar-refractivity contribution in [1.29, 1.82) is 0 Å². The number of carbonyl (C=O) groups excluding carboxylic acids is 1. The molecule has 132 valence electrons. The Morgan fingerprint density at radius 3 is 2.27 bits per heavy atom. The van der Waals surface area contributed by atoms with Crippen LogP contribution in [0.25, 0.3) is 12.2 Å². The first-order valence-corrected chi connectivity index (χ1v) is 8.80. The van der Waals surface area contributed by atoms with Gasteiger partial charge in [0.1, 0.15) is 0 Å². The summed E-state index contributed by atoms with van der Waals surface area (Å²) >= 11 is 0. The fraction of sp³-hybridized carbons (Fsp3) is 0.182. The molecular weight excluding hydrogens is 324 g/mol. The normalized spacial score (nSPS) is 15.4.